The van der Waals surface area contributed by atoms with Crippen LogP contribution in [0.5, 0.6) is 0 Å². The summed E-state index contributed by atoms with van der Waals surface area (Å²) in [5.41, 5.74) is 2.48. The molecule has 0 unspecified atom stereocenters. The average molecular weight is 405 g/mol. The molecule has 7 heteroatoms. The zero-order valence-electron chi connectivity index (χ0n) is 16.9. The number of nitrogens with zero attached hydrogens (tertiary/aromatic N) is 3. The Morgan fingerprint density at radius 1 is 1.17 bits per heavy atom. The fourth-order valence-electron chi connectivity index (χ4n) is 3.88. The molecule has 0 aliphatic carbocycles. The van der Waals surface area contributed by atoms with Gasteiger partial charge in [0.05, 0.1) is 17.7 Å². The normalized spacial score (nSPS) is 17.3. The third-order valence-electron chi connectivity index (χ3n) is 5.54. The van der Waals surface area contributed by atoms with Gasteiger partial charge in [-0.1, -0.05) is 36.4 Å². The summed E-state index contributed by atoms with van der Waals surface area (Å²) in [5.74, 6) is -1.03. The van der Waals surface area contributed by atoms with Gasteiger partial charge in [-0.3, -0.25) is 18.8 Å². The first kappa shape index (κ1) is 19.8. The van der Waals surface area contributed by atoms with Crippen molar-refractivity contribution in [2.45, 2.75) is 32.9 Å². The Bertz CT molecular complexity index is 1160. The van der Waals surface area contributed by atoms with E-state index < -0.39 is 11.9 Å². The summed E-state index contributed by atoms with van der Waals surface area (Å²) in [7, 11) is 0. The Hall–Kier alpha value is -3.48. The van der Waals surface area contributed by atoms with E-state index in [-0.39, 0.29) is 30.5 Å². The lowest BCUT2D eigenvalue weighted by Gasteiger charge is -2.25. The Kier molecular flexibility index (Phi) is 5.35. The van der Waals surface area contributed by atoms with Crippen LogP contribution in [0.15, 0.2) is 59.4 Å². The topological polar surface area (TPSA) is 81.0 Å². The number of hydrogen-bond acceptors (Lipinski definition) is 5. The van der Waals surface area contributed by atoms with Gasteiger partial charge in [0.25, 0.3) is 5.56 Å². The number of esters is 1. The lowest BCUT2D eigenvalue weighted by Crippen LogP contribution is -2.29. The second-order valence-corrected chi connectivity index (χ2v) is 7.59. The lowest BCUT2D eigenvalue weighted by molar-refractivity contribution is -0.149. The standard InChI is InChI=1S/C23H23N3O4/c1-15-7-6-10-20-24-19(12-22(28)26(15)20)14-30-23(29)18-11-21(27)25(13-18)16(2)17-8-4-3-5-9-17/h3-10,12,16,18H,11,13-14H2,1-2H3/t16-,18-/m0/s1. The van der Waals surface area contributed by atoms with Crippen molar-refractivity contribution < 1.29 is 14.3 Å². The van der Waals surface area contributed by atoms with E-state index >= 15 is 0 Å². The first-order valence-electron chi connectivity index (χ1n) is 9.93. The molecule has 7 nitrogen and oxygen atoms in total. The summed E-state index contributed by atoms with van der Waals surface area (Å²) < 4.78 is 6.90. The average Bonchev–Trinajstić information content (AvgIpc) is 3.13. The maximum absolute atomic E-state index is 12.6. The summed E-state index contributed by atoms with van der Waals surface area (Å²) in [6.07, 6.45) is 0.128. The first-order chi connectivity index (χ1) is 14.4. The molecule has 1 fully saturated rings. The van der Waals surface area contributed by atoms with Crippen LogP contribution in [0.25, 0.3) is 5.65 Å². The van der Waals surface area contributed by atoms with Gasteiger partial charge in [0, 0.05) is 24.7 Å². The number of carbonyl (C=O) groups is 2. The molecule has 1 saturated heterocycles. The molecular formula is C23H23N3O4. The maximum atomic E-state index is 12.6. The first-order valence-corrected chi connectivity index (χ1v) is 9.93. The number of ether oxygens (including phenoxy) is 1. The van der Waals surface area contributed by atoms with Gasteiger partial charge in [-0.2, -0.15) is 0 Å². The van der Waals surface area contributed by atoms with Crippen molar-refractivity contribution in [1.29, 1.82) is 0 Å². The Morgan fingerprint density at radius 2 is 1.93 bits per heavy atom. The summed E-state index contributed by atoms with van der Waals surface area (Å²) >= 11 is 0. The monoisotopic (exact) mass is 405 g/mol. The highest BCUT2D eigenvalue weighted by molar-refractivity contribution is 5.87. The van der Waals surface area contributed by atoms with E-state index in [1.165, 1.54) is 10.5 Å². The van der Waals surface area contributed by atoms with Crippen molar-refractivity contribution in [3.8, 4) is 0 Å². The minimum absolute atomic E-state index is 0.0640. The van der Waals surface area contributed by atoms with Crippen LogP contribution < -0.4 is 5.56 Å². The van der Waals surface area contributed by atoms with E-state index in [2.05, 4.69) is 4.98 Å². The van der Waals surface area contributed by atoms with Crippen LogP contribution in [0.4, 0.5) is 0 Å². The summed E-state index contributed by atoms with van der Waals surface area (Å²) in [4.78, 5) is 43.5. The largest absolute Gasteiger partial charge is 0.459 e. The van der Waals surface area contributed by atoms with Crippen molar-refractivity contribution in [3.05, 3.63) is 81.9 Å². The summed E-state index contributed by atoms with van der Waals surface area (Å²) in [5, 5.41) is 0. The molecule has 1 aromatic carbocycles. The Morgan fingerprint density at radius 3 is 2.70 bits per heavy atom. The SMILES string of the molecule is Cc1cccc2nc(COC(=O)[C@H]3CC(=O)N([C@@H](C)c4ccccc4)C3)cc(=O)n12. The fraction of sp³-hybridized carbons (Fsp3) is 0.304. The zero-order chi connectivity index (χ0) is 21.3. The van der Waals surface area contributed by atoms with Gasteiger partial charge in [-0.05, 0) is 31.5 Å². The Balaban J connectivity index is 1.42. The van der Waals surface area contributed by atoms with Crippen LogP contribution in [0.1, 0.15) is 36.3 Å². The number of rotatable bonds is 5. The molecule has 1 aliphatic rings. The van der Waals surface area contributed by atoms with E-state index in [4.69, 9.17) is 4.74 Å². The number of pyridine rings is 1. The molecule has 2 atom stereocenters. The minimum Gasteiger partial charge on any atom is -0.459 e. The molecule has 4 rings (SSSR count). The molecule has 0 bridgehead atoms. The fourth-order valence-corrected chi connectivity index (χ4v) is 3.88. The predicted octanol–water partition coefficient (Wildman–Crippen LogP) is 2.66. The summed E-state index contributed by atoms with van der Waals surface area (Å²) in [6.45, 7) is 4.00. The number of amides is 1. The molecule has 30 heavy (non-hydrogen) atoms. The predicted molar refractivity (Wildman–Crippen MR) is 111 cm³/mol. The number of hydrogen-bond donors (Lipinski definition) is 0. The van der Waals surface area contributed by atoms with E-state index in [9.17, 15) is 14.4 Å². The molecule has 0 saturated carbocycles. The number of carbonyl (C=O) groups excluding carboxylic acids is 2. The molecular weight excluding hydrogens is 382 g/mol. The molecule has 1 aliphatic heterocycles. The van der Waals surface area contributed by atoms with E-state index in [1.807, 2.05) is 56.3 Å². The van der Waals surface area contributed by atoms with Crippen LogP contribution in [0.3, 0.4) is 0 Å². The van der Waals surface area contributed by atoms with Gasteiger partial charge in [0.2, 0.25) is 5.91 Å². The number of benzene rings is 1. The molecule has 154 valence electrons. The number of fused-ring (bicyclic) bond motifs is 1. The minimum atomic E-state index is -0.521. The molecule has 0 N–H and O–H groups in total. The molecule has 1 amide bonds. The van der Waals surface area contributed by atoms with Gasteiger partial charge in [0.1, 0.15) is 12.3 Å². The maximum Gasteiger partial charge on any atom is 0.311 e. The van der Waals surface area contributed by atoms with Crippen molar-refractivity contribution >= 4 is 17.5 Å². The molecule has 0 spiro atoms. The van der Waals surface area contributed by atoms with Crippen molar-refractivity contribution in [1.82, 2.24) is 14.3 Å². The quantitative estimate of drug-likeness (QED) is 0.610. The number of likely N-dealkylation sites (tertiary alicyclic amines) is 1. The van der Waals surface area contributed by atoms with Crippen molar-refractivity contribution in [2.24, 2.45) is 5.92 Å². The molecule has 3 aromatic rings. The van der Waals surface area contributed by atoms with Gasteiger partial charge >= 0.3 is 5.97 Å². The van der Waals surface area contributed by atoms with Crippen LogP contribution in [-0.4, -0.2) is 32.7 Å². The van der Waals surface area contributed by atoms with Crippen LogP contribution in [0.2, 0.25) is 0 Å². The molecule has 0 radical (unpaired) electrons. The Labute approximate surface area is 173 Å². The third kappa shape index (κ3) is 3.83. The molecule has 3 heterocycles. The lowest BCUT2D eigenvalue weighted by atomic mass is 10.1. The van der Waals surface area contributed by atoms with Crippen LogP contribution in [-0.2, 0) is 20.9 Å². The van der Waals surface area contributed by atoms with Gasteiger partial charge in [0.15, 0.2) is 0 Å². The van der Waals surface area contributed by atoms with E-state index in [0.717, 1.165) is 11.3 Å². The highest BCUT2D eigenvalue weighted by Crippen LogP contribution is 2.29. The highest BCUT2D eigenvalue weighted by atomic mass is 16.5. The van der Waals surface area contributed by atoms with Crippen molar-refractivity contribution in [3.63, 3.8) is 0 Å². The van der Waals surface area contributed by atoms with Gasteiger partial charge < -0.3 is 9.64 Å². The number of aromatic nitrogens is 2. The van der Waals surface area contributed by atoms with E-state index in [1.54, 1.807) is 11.0 Å². The van der Waals surface area contributed by atoms with Crippen LogP contribution >= 0.6 is 0 Å². The number of aryl methyl sites for hydroxylation is 1. The van der Waals surface area contributed by atoms with Gasteiger partial charge in [-0.25, -0.2) is 4.98 Å². The second kappa shape index (κ2) is 8.10. The third-order valence-corrected chi connectivity index (χ3v) is 5.54. The van der Waals surface area contributed by atoms with E-state index in [0.29, 0.717) is 17.9 Å². The zero-order valence-corrected chi connectivity index (χ0v) is 16.9. The highest BCUT2D eigenvalue weighted by Gasteiger charge is 2.37. The van der Waals surface area contributed by atoms with Gasteiger partial charge in [-0.15, -0.1) is 0 Å². The summed E-state index contributed by atoms with van der Waals surface area (Å²) in [6, 6.07) is 16.4. The van der Waals surface area contributed by atoms with Crippen molar-refractivity contribution in [2.75, 3.05) is 6.54 Å². The second-order valence-electron chi connectivity index (χ2n) is 7.59. The molecule has 2 aromatic heterocycles. The smallest absolute Gasteiger partial charge is 0.311 e. The van der Waals surface area contributed by atoms with Crippen LogP contribution in [0, 0.1) is 12.8 Å².